The van der Waals surface area contributed by atoms with Crippen LogP contribution in [0.5, 0.6) is 5.75 Å². The Bertz CT molecular complexity index is 615. The first-order chi connectivity index (χ1) is 9.13. The molecule has 19 heavy (non-hydrogen) atoms. The first-order valence-corrected chi connectivity index (χ1v) is 6.35. The third kappa shape index (κ3) is 3.02. The summed E-state index contributed by atoms with van der Waals surface area (Å²) in [4.78, 5) is 19.1. The zero-order valence-corrected chi connectivity index (χ0v) is 11.5. The fourth-order valence-corrected chi connectivity index (χ4v) is 2.00. The maximum atomic E-state index is 11.8. The molecule has 0 aliphatic heterocycles. The molecular formula is C15H18N2O2. The molecule has 100 valence electrons. The molecule has 0 aliphatic rings. The van der Waals surface area contributed by atoms with Crippen LogP contribution in [0.15, 0.2) is 29.1 Å². The molecule has 0 saturated heterocycles. The van der Waals surface area contributed by atoms with Crippen LogP contribution in [0.4, 0.5) is 0 Å². The van der Waals surface area contributed by atoms with Crippen LogP contribution >= 0.6 is 0 Å². The Hall–Kier alpha value is -2.10. The molecule has 1 N–H and O–H groups in total. The highest BCUT2D eigenvalue weighted by Crippen LogP contribution is 2.13. The van der Waals surface area contributed by atoms with Crippen molar-refractivity contribution in [2.75, 3.05) is 7.11 Å². The monoisotopic (exact) mass is 258 g/mol. The second-order valence-electron chi connectivity index (χ2n) is 4.46. The SMILES string of the molecule is CCc1nc(Cc2ccc(OC)cc2)[nH]c(=O)c1C. The number of hydrogen-bond acceptors (Lipinski definition) is 3. The normalized spacial score (nSPS) is 10.5. The van der Waals surface area contributed by atoms with Crippen LogP contribution in [0.25, 0.3) is 0 Å². The minimum Gasteiger partial charge on any atom is -0.497 e. The Morgan fingerprint density at radius 2 is 1.95 bits per heavy atom. The Morgan fingerprint density at radius 3 is 2.53 bits per heavy atom. The number of H-pyrrole nitrogens is 1. The summed E-state index contributed by atoms with van der Waals surface area (Å²) in [5.74, 6) is 1.53. The molecule has 0 fully saturated rings. The van der Waals surface area contributed by atoms with Crippen LogP contribution in [0.1, 0.15) is 29.6 Å². The number of methoxy groups -OCH3 is 1. The highest BCUT2D eigenvalue weighted by Gasteiger charge is 2.06. The van der Waals surface area contributed by atoms with Crippen LogP contribution in [-0.4, -0.2) is 17.1 Å². The van der Waals surface area contributed by atoms with E-state index < -0.39 is 0 Å². The average Bonchev–Trinajstić information content (AvgIpc) is 2.43. The molecule has 2 rings (SSSR count). The van der Waals surface area contributed by atoms with E-state index in [1.165, 1.54) is 0 Å². The van der Waals surface area contributed by atoms with Crippen molar-refractivity contribution >= 4 is 0 Å². The molecule has 0 amide bonds. The number of ether oxygens (including phenoxy) is 1. The van der Waals surface area contributed by atoms with Gasteiger partial charge in [-0.1, -0.05) is 19.1 Å². The molecule has 2 aromatic rings. The van der Waals surface area contributed by atoms with Gasteiger partial charge in [0.1, 0.15) is 11.6 Å². The maximum absolute atomic E-state index is 11.8. The van der Waals surface area contributed by atoms with Crippen LogP contribution < -0.4 is 10.3 Å². The first kappa shape index (κ1) is 13.3. The third-order valence-corrected chi connectivity index (χ3v) is 3.17. The number of benzene rings is 1. The van der Waals surface area contributed by atoms with E-state index in [0.717, 1.165) is 23.4 Å². The Morgan fingerprint density at radius 1 is 1.26 bits per heavy atom. The van der Waals surface area contributed by atoms with E-state index in [9.17, 15) is 4.79 Å². The van der Waals surface area contributed by atoms with Crippen LogP contribution in [-0.2, 0) is 12.8 Å². The number of aromatic amines is 1. The minimum atomic E-state index is -0.0460. The molecule has 1 aromatic carbocycles. The smallest absolute Gasteiger partial charge is 0.254 e. The van der Waals surface area contributed by atoms with Gasteiger partial charge in [0.2, 0.25) is 0 Å². The van der Waals surface area contributed by atoms with Gasteiger partial charge >= 0.3 is 0 Å². The summed E-state index contributed by atoms with van der Waals surface area (Å²) >= 11 is 0. The fourth-order valence-electron chi connectivity index (χ4n) is 2.00. The van der Waals surface area contributed by atoms with Crippen molar-refractivity contribution in [2.24, 2.45) is 0 Å². The predicted molar refractivity (Wildman–Crippen MR) is 74.8 cm³/mol. The molecule has 0 saturated carbocycles. The van der Waals surface area contributed by atoms with Crippen molar-refractivity contribution in [1.82, 2.24) is 9.97 Å². The topological polar surface area (TPSA) is 55.0 Å². The molecule has 4 nitrogen and oxygen atoms in total. The van der Waals surface area contributed by atoms with Crippen molar-refractivity contribution < 1.29 is 4.74 Å². The van der Waals surface area contributed by atoms with Gasteiger partial charge in [-0.15, -0.1) is 0 Å². The Kier molecular flexibility index (Phi) is 4.00. The highest BCUT2D eigenvalue weighted by molar-refractivity contribution is 5.29. The van der Waals surface area contributed by atoms with Crippen molar-refractivity contribution in [2.45, 2.75) is 26.7 Å². The molecule has 0 bridgehead atoms. The summed E-state index contributed by atoms with van der Waals surface area (Å²) < 4.78 is 5.12. The van der Waals surface area contributed by atoms with Crippen LogP contribution in [0.3, 0.4) is 0 Å². The number of aryl methyl sites for hydroxylation is 1. The minimum absolute atomic E-state index is 0.0460. The number of nitrogens with one attached hydrogen (secondary N) is 1. The number of hydrogen-bond donors (Lipinski definition) is 1. The van der Waals surface area contributed by atoms with Gasteiger partial charge in [-0.25, -0.2) is 4.98 Å². The molecular weight excluding hydrogens is 240 g/mol. The van der Waals surface area contributed by atoms with Crippen molar-refractivity contribution in [3.8, 4) is 5.75 Å². The zero-order valence-electron chi connectivity index (χ0n) is 11.5. The molecule has 0 unspecified atom stereocenters. The summed E-state index contributed by atoms with van der Waals surface area (Å²) in [5.41, 5.74) is 2.62. The molecule has 1 aromatic heterocycles. The molecule has 4 heteroatoms. The van der Waals surface area contributed by atoms with E-state index in [1.54, 1.807) is 7.11 Å². The van der Waals surface area contributed by atoms with Gasteiger partial charge in [0.25, 0.3) is 5.56 Å². The van der Waals surface area contributed by atoms with Crippen LogP contribution in [0.2, 0.25) is 0 Å². The van der Waals surface area contributed by atoms with Gasteiger partial charge in [0.15, 0.2) is 0 Å². The van der Waals surface area contributed by atoms with Gasteiger partial charge in [0, 0.05) is 12.0 Å². The van der Waals surface area contributed by atoms with E-state index in [4.69, 9.17) is 4.74 Å². The predicted octanol–water partition coefficient (Wildman–Crippen LogP) is 2.24. The maximum Gasteiger partial charge on any atom is 0.254 e. The van der Waals surface area contributed by atoms with Gasteiger partial charge in [-0.3, -0.25) is 4.79 Å². The molecule has 0 atom stereocenters. The fraction of sp³-hybridized carbons (Fsp3) is 0.333. The summed E-state index contributed by atoms with van der Waals surface area (Å²) in [7, 11) is 1.64. The van der Waals surface area contributed by atoms with Crippen molar-refractivity contribution in [3.05, 3.63) is 57.3 Å². The Labute approximate surface area is 112 Å². The lowest BCUT2D eigenvalue weighted by molar-refractivity contribution is 0.414. The highest BCUT2D eigenvalue weighted by atomic mass is 16.5. The summed E-state index contributed by atoms with van der Waals surface area (Å²) in [6.45, 7) is 3.81. The summed E-state index contributed by atoms with van der Waals surface area (Å²) in [6, 6.07) is 7.76. The zero-order chi connectivity index (χ0) is 13.8. The summed E-state index contributed by atoms with van der Waals surface area (Å²) in [5, 5.41) is 0. The van der Waals surface area contributed by atoms with Gasteiger partial charge in [-0.2, -0.15) is 0 Å². The molecule has 0 aliphatic carbocycles. The standard InChI is InChI=1S/C15H18N2O2/c1-4-13-10(2)15(18)17-14(16-13)9-11-5-7-12(19-3)8-6-11/h5-8H,4,9H2,1-3H3,(H,16,17,18). The largest absolute Gasteiger partial charge is 0.497 e. The average molecular weight is 258 g/mol. The third-order valence-electron chi connectivity index (χ3n) is 3.17. The lowest BCUT2D eigenvalue weighted by atomic mass is 10.1. The van der Waals surface area contributed by atoms with Crippen molar-refractivity contribution in [1.29, 1.82) is 0 Å². The van der Waals surface area contributed by atoms with E-state index in [0.29, 0.717) is 17.8 Å². The second kappa shape index (κ2) is 5.69. The molecule has 0 spiro atoms. The van der Waals surface area contributed by atoms with Crippen LogP contribution in [0, 0.1) is 6.92 Å². The van der Waals surface area contributed by atoms with Gasteiger partial charge in [0.05, 0.1) is 12.8 Å². The number of nitrogens with zero attached hydrogens (tertiary/aromatic N) is 1. The van der Waals surface area contributed by atoms with Gasteiger partial charge < -0.3 is 9.72 Å². The van der Waals surface area contributed by atoms with E-state index in [2.05, 4.69) is 9.97 Å². The molecule has 1 heterocycles. The first-order valence-electron chi connectivity index (χ1n) is 6.35. The van der Waals surface area contributed by atoms with E-state index in [1.807, 2.05) is 38.1 Å². The second-order valence-corrected chi connectivity index (χ2v) is 4.46. The summed E-state index contributed by atoms with van der Waals surface area (Å²) in [6.07, 6.45) is 1.39. The van der Waals surface area contributed by atoms with E-state index >= 15 is 0 Å². The lowest BCUT2D eigenvalue weighted by Gasteiger charge is -2.06. The Balaban J connectivity index is 2.27. The van der Waals surface area contributed by atoms with Gasteiger partial charge in [-0.05, 0) is 31.0 Å². The van der Waals surface area contributed by atoms with Crippen molar-refractivity contribution in [3.63, 3.8) is 0 Å². The quantitative estimate of drug-likeness (QED) is 0.915. The molecule has 0 radical (unpaired) electrons. The number of rotatable bonds is 4. The lowest BCUT2D eigenvalue weighted by Crippen LogP contribution is -2.17. The van der Waals surface area contributed by atoms with E-state index in [-0.39, 0.29) is 5.56 Å². The number of aromatic nitrogens is 2.